The summed E-state index contributed by atoms with van der Waals surface area (Å²) in [5, 5.41) is 11.6. The van der Waals surface area contributed by atoms with Crippen LogP contribution in [0.2, 0.25) is 0 Å². The fourth-order valence-electron chi connectivity index (χ4n) is 2.17. The number of benzene rings is 1. The quantitative estimate of drug-likeness (QED) is 0.541. The highest BCUT2D eigenvalue weighted by Crippen LogP contribution is 2.33. The number of hydrogen-bond donors (Lipinski definition) is 0. The first-order valence-corrected chi connectivity index (χ1v) is 5.84. The van der Waals surface area contributed by atoms with E-state index < -0.39 is 4.92 Å². The topological polar surface area (TPSA) is 83.3 Å². The normalized spacial score (nSPS) is 10.9. The molecule has 0 N–H and O–H groups in total. The molecule has 1 aromatic carbocycles. The fraction of sp³-hybridized carbons (Fsp3) is 0.154. The summed E-state index contributed by atoms with van der Waals surface area (Å²) in [5.74, 6) is 0.507. The van der Waals surface area contributed by atoms with Gasteiger partial charge in [0.05, 0.1) is 18.2 Å². The number of oxazole rings is 1. The first-order valence-electron chi connectivity index (χ1n) is 5.84. The molecule has 102 valence electrons. The molecule has 0 amide bonds. The van der Waals surface area contributed by atoms with Crippen LogP contribution >= 0.6 is 0 Å². The van der Waals surface area contributed by atoms with Crippen molar-refractivity contribution in [1.82, 2.24) is 9.55 Å². The lowest BCUT2D eigenvalue weighted by atomic mass is 10.1. The van der Waals surface area contributed by atoms with Gasteiger partial charge in [-0.05, 0) is 6.07 Å². The molecule has 20 heavy (non-hydrogen) atoms. The minimum atomic E-state index is -0.419. The van der Waals surface area contributed by atoms with Crippen molar-refractivity contribution in [2.45, 2.75) is 0 Å². The number of rotatable bonds is 3. The zero-order chi connectivity index (χ0) is 14.3. The minimum Gasteiger partial charge on any atom is -0.454 e. The van der Waals surface area contributed by atoms with Crippen molar-refractivity contribution in [2.75, 3.05) is 7.11 Å². The van der Waals surface area contributed by atoms with Crippen molar-refractivity contribution >= 4 is 16.6 Å². The van der Waals surface area contributed by atoms with E-state index in [1.54, 1.807) is 6.07 Å². The SMILES string of the molecule is COc1ncc(-c2cn(C)c3ccc([N+](=O)[O-])cc23)o1. The first kappa shape index (κ1) is 12.2. The average Bonchev–Trinajstić information content (AvgIpc) is 3.03. The third-order valence-electron chi connectivity index (χ3n) is 3.11. The Morgan fingerprint density at radius 2 is 2.25 bits per heavy atom. The minimum absolute atomic E-state index is 0.0384. The lowest BCUT2D eigenvalue weighted by molar-refractivity contribution is -0.384. The van der Waals surface area contributed by atoms with E-state index in [0.717, 1.165) is 16.5 Å². The Labute approximate surface area is 113 Å². The van der Waals surface area contributed by atoms with E-state index in [0.29, 0.717) is 5.76 Å². The maximum absolute atomic E-state index is 10.9. The molecule has 0 aliphatic carbocycles. The lowest BCUT2D eigenvalue weighted by Gasteiger charge is -1.96. The van der Waals surface area contributed by atoms with Gasteiger partial charge in [0.15, 0.2) is 5.76 Å². The van der Waals surface area contributed by atoms with Crippen LogP contribution in [0.1, 0.15) is 0 Å². The number of fused-ring (bicyclic) bond motifs is 1. The molecule has 0 saturated heterocycles. The van der Waals surface area contributed by atoms with Crippen LogP contribution < -0.4 is 4.74 Å². The first-order chi connectivity index (χ1) is 9.60. The predicted octanol–water partition coefficient (Wildman–Crippen LogP) is 2.75. The fourth-order valence-corrected chi connectivity index (χ4v) is 2.17. The highest BCUT2D eigenvalue weighted by atomic mass is 16.6. The zero-order valence-corrected chi connectivity index (χ0v) is 10.9. The van der Waals surface area contributed by atoms with Gasteiger partial charge in [0, 0.05) is 41.8 Å². The molecule has 0 aliphatic heterocycles. The number of non-ortho nitro benzene ring substituents is 1. The molecule has 2 aromatic heterocycles. The van der Waals surface area contributed by atoms with Gasteiger partial charge in [0.2, 0.25) is 0 Å². The largest absolute Gasteiger partial charge is 0.454 e. The average molecular weight is 273 g/mol. The van der Waals surface area contributed by atoms with Crippen LogP contribution in [0.25, 0.3) is 22.2 Å². The Morgan fingerprint density at radius 1 is 1.45 bits per heavy atom. The van der Waals surface area contributed by atoms with Crippen molar-refractivity contribution in [3.63, 3.8) is 0 Å². The van der Waals surface area contributed by atoms with Crippen LogP contribution in [0.15, 0.2) is 35.0 Å². The summed E-state index contributed by atoms with van der Waals surface area (Å²) in [5.41, 5.74) is 1.65. The molecule has 0 aliphatic rings. The summed E-state index contributed by atoms with van der Waals surface area (Å²) in [6, 6.07) is 4.72. The predicted molar refractivity (Wildman–Crippen MR) is 71.6 cm³/mol. The van der Waals surface area contributed by atoms with Crippen molar-refractivity contribution in [2.24, 2.45) is 7.05 Å². The zero-order valence-electron chi connectivity index (χ0n) is 10.9. The number of aromatic nitrogens is 2. The Balaban J connectivity index is 2.24. The third-order valence-corrected chi connectivity index (χ3v) is 3.11. The van der Waals surface area contributed by atoms with Gasteiger partial charge in [-0.15, -0.1) is 0 Å². The number of aryl methyl sites for hydroxylation is 1. The molecule has 0 fully saturated rings. The van der Waals surface area contributed by atoms with Crippen LogP contribution in [0.5, 0.6) is 6.08 Å². The van der Waals surface area contributed by atoms with E-state index in [1.807, 2.05) is 17.8 Å². The summed E-state index contributed by atoms with van der Waals surface area (Å²) in [6.07, 6.45) is 3.53. The Bertz CT molecular complexity index is 803. The molecule has 7 heteroatoms. The van der Waals surface area contributed by atoms with E-state index in [2.05, 4.69) is 4.98 Å². The van der Waals surface area contributed by atoms with Crippen LogP contribution in [-0.4, -0.2) is 21.6 Å². The summed E-state index contributed by atoms with van der Waals surface area (Å²) >= 11 is 0. The van der Waals surface area contributed by atoms with Crippen molar-refractivity contribution in [3.05, 3.63) is 40.7 Å². The summed E-state index contributed by atoms with van der Waals surface area (Å²) in [7, 11) is 3.33. The maximum atomic E-state index is 10.9. The van der Waals surface area contributed by atoms with Gasteiger partial charge in [0.25, 0.3) is 5.69 Å². The monoisotopic (exact) mass is 273 g/mol. The number of hydrogen-bond acceptors (Lipinski definition) is 5. The van der Waals surface area contributed by atoms with Gasteiger partial charge in [-0.2, -0.15) is 4.98 Å². The van der Waals surface area contributed by atoms with E-state index in [9.17, 15) is 10.1 Å². The summed E-state index contributed by atoms with van der Waals surface area (Å²) in [4.78, 5) is 14.4. The van der Waals surface area contributed by atoms with Crippen LogP contribution in [0.4, 0.5) is 5.69 Å². The smallest absolute Gasteiger partial charge is 0.393 e. The number of methoxy groups -OCH3 is 1. The van der Waals surface area contributed by atoms with Crippen LogP contribution in [0, 0.1) is 10.1 Å². The molecule has 0 bridgehead atoms. The molecule has 3 rings (SSSR count). The molecule has 0 saturated carbocycles. The number of ether oxygens (including phenoxy) is 1. The second-order valence-corrected chi connectivity index (χ2v) is 4.31. The van der Waals surface area contributed by atoms with E-state index in [-0.39, 0.29) is 11.8 Å². The molecule has 0 unspecified atom stereocenters. The Morgan fingerprint density at radius 3 is 2.90 bits per heavy atom. The van der Waals surface area contributed by atoms with Gasteiger partial charge in [-0.1, -0.05) is 0 Å². The Kier molecular flexibility index (Phi) is 2.67. The van der Waals surface area contributed by atoms with Crippen molar-refractivity contribution < 1.29 is 14.1 Å². The molecule has 2 heterocycles. The molecule has 3 aromatic rings. The summed E-state index contributed by atoms with van der Waals surface area (Å²) < 4.78 is 12.2. The second kappa shape index (κ2) is 4.37. The van der Waals surface area contributed by atoms with Crippen LogP contribution in [0.3, 0.4) is 0 Å². The molecule has 0 radical (unpaired) electrons. The molecule has 0 spiro atoms. The standard InChI is InChI=1S/C13H11N3O4/c1-15-7-10(12-6-14-13(19-2)20-12)9-5-8(16(17)18)3-4-11(9)15/h3-7H,1-2H3. The highest BCUT2D eigenvalue weighted by molar-refractivity contribution is 5.96. The van der Waals surface area contributed by atoms with E-state index >= 15 is 0 Å². The van der Waals surface area contributed by atoms with Gasteiger partial charge in [-0.25, -0.2) is 0 Å². The molecule has 0 atom stereocenters. The molecular weight excluding hydrogens is 262 g/mol. The van der Waals surface area contributed by atoms with Crippen molar-refractivity contribution in [3.8, 4) is 17.4 Å². The molecular formula is C13H11N3O4. The lowest BCUT2D eigenvalue weighted by Crippen LogP contribution is -1.88. The highest BCUT2D eigenvalue weighted by Gasteiger charge is 2.16. The maximum Gasteiger partial charge on any atom is 0.393 e. The van der Waals surface area contributed by atoms with Gasteiger partial charge in [0.1, 0.15) is 0 Å². The number of nitro benzene ring substituents is 1. The third kappa shape index (κ3) is 1.80. The van der Waals surface area contributed by atoms with Gasteiger partial charge < -0.3 is 13.7 Å². The number of nitrogens with zero attached hydrogens (tertiary/aromatic N) is 3. The van der Waals surface area contributed by atoms with Crippen LogP contribution in [-0.2, 0) is 7.05 Å². The Hall–Kier alpha value is -2.83. The second-order valence-electron chi connectivity index (χ2n) is 4.31. The number of nitro groups is 1. The van der Waals surface area contributed by atoms with E-state index in [1.165, 1.54) is 25.4 Å². The summed E-state index contributed by atoms with van der Waals surface area (Å²) in [6.45, 7) is 0. The van der Waals surface area contributed by atoms with Gasteiger partial charge in [-0.3, -0.25) is 10.1 Å². The van der Waals surface area contributed by atoms with E-state index in [4.69, 9.17) is 9.15 Å². The van der Waals surface area contributed by atoms with Gasteiger partial charge >= 0.3 is 6.08 Å². The van der Waals surface area contributed by atoms with Crippen molar-refractivity contribution in [1.29, 1.82) is 0 Å². The molecule has 7 nitrogen and oxygen atoms in total.